The molecule has 0 unspecified atom stereocenters. The van der Waals surface area contributed by atoms with E-state index in [9.17, 15) is 4.79 Å². The van der Waals surface area contributed by atoms with Gasteiger partial charge in [0.2, 0.25) is 0 Å². The quantitative estimate of drug-likeness (QED) is 0.735. The number of methoxy groups -OCH3 is 1. The molecular formula is C18H16ClNO3. The molecule has 3 aromatic rings. The monoisotopic (exact) mass is 329 g/mol. The lowest BCUT2D eigenvalue weighted by Gasteiger charge is -2.09. The molecule has 5 heteroatoms. The van der Waals surface area contributed by atoms with Gasteiger partial charge in [0.1, 0.15) is 0 Å². The van der Waals surface area contributed by atoms with E-state index in [1.807, 2.05) is 42.5 Å². The van der Waals surface area contributed by atoms with Crippen molar-refractivity contribution in [3.8, 4) is 11.1 Å². The summed E-state index contributed by atoms with van der Waals surface area (Å²) in [5.41, 5.74) is 4.22. The molecule has 2 aromatic carbocycles. The van der Waals surface area contributed by atoms with Gasteiger partial charge in [-0.1, -0.05) is 41.9 Å². The molecule has 0 spiro atoms. The number of benzene rings is 2. The maximum atomic E-state index is 11.1. The van der Waals surface area contributed by atoms with Gasteiger partial charge in [-0.25, -0.2) is 0 Å². The minimum absolute atomic E-state index is 0.0841. The Labute approximate surface area is 138 Å². The topological polar surface area (TPSA) is 62.3 Å². The van der Waals surface area contributed by atoms with Gasteiger partial charge < -0.3 is 14.8 Å². The molecule has 4 nitrogen and oxygen atoms in total. The Hall–Kier alpha value is -2.30. The molecule has 0 amide bonds. The second kappa shape index (κ2) is 6.44. The highest BCUT2D eigenvalue weighted by Gasteiger charge is 2.19. The number of ether oxygens (including phenoxy) is 1. The van der Waals surface area contributed by atoms with Crippen LogP contribution in [-0.4, -0.2) is 23.2 Å². The SMILES string of the molecule is COCc1c(CC(=O)O)[nH]c2ccc(Cl)c(-c3ccccc3)c12. The van der Waals surface area contributed by atoms with Crippen LogP contribution >= 0.6 is 11.6 Å². The normalized spacial score (nSPS) is 11.0. The predicted molar refractivity (Wildman–Crippen MR) is 90.8 cm³/mol. The Morgan fingerprint density at radius 2 is 1.96 bits per heavy atom. The minimum atomic E-state index is -0.888. The van der Waals surface area contributed by atoms with E-state index in [2.05, 4.69) is 4.98 Å². The van der Waals surface area contributed by atoms with Crippen LogP contribution < -0.4 is 0 Å². The van der Waals surface area contributed by atoms with Crippen molar-refractivity contribution in [2.45, 2.75) is 13.0 Å². The highest BCUT2D eigenvalue weighted by atomic mass is 35.5. The number of rotatable bonds is 5. The number of hydrogen-bond donors (Lipinski definition) is 2. The largest absolute Gasteiger partial charge is 0.481 e. The first-order valence-corrected chi connectivity index (χ1v) is 7.57. The van der Waals surface area contributed by atoms with Crippen molar-refractivity contribution in [3.05, 3.63) is 58.7 Å². The van der Waals surface area contributed by atoms with E-state index in [-0.39, 0.29) is 6.42 Å². The standard InChI is InChI=1S/C18H16ClNO3/c1-23-10-12-15(9-16(21)22)20-14-8-7-13(19)17(18(12)14)11-5-3-2-4-6-11/h2-8,20H,9-10H2,1H3,(H,21,22). The Balaban J connectivity index is 2.32. The van der Waals surface area contributed by atoms with Crippen LogP contribution in [0.25, 0.3) is 22.0 Å². The zero-order chi connectivity index (χ0) is 16.4. The molecule has 1 aromatic heterocycles. The summed E-state index contributed by atoms with van der Waals surface area (Å²) >= 11 is 6.45. The van der Waals surface area contributed by atoms with Crippen molar-refractivity contribution in [3.63, 3.8) is 0 Å². The van der Waals surface area contributed by atoms with Crippen LogP contribution in [0.4, 0.5) is 0 Å². The van der Waals surface area contributed by atoms with Crippen LogP contribution in [0.5, 0.6) is 0 Å². The van der Waals surface area contributed by atoms with Gasteiger partial charge in [-0.3, -0.25) is 4.79 Å². The van der Waals surface area contributed by atoms with E-state index in [4.69, 9.17) is 21.4 Å². The number of fused-ring (bicyclic) bond motifs is 1. The number of aromatic amines is 1. The number of aliphatic carboxylic acids is 1. The van der Waals surface area contributed by atoms with E-state index in [1.54, 1.807) is 7.11 Å². The van der Waals surface area contributed by atoms with Gasteiger partial charge in [-0.15, -0.1) is 0 Å². The summed E-state index contributed by atoms with van der Waals surface area (Å²) in [5, 5.41) is 10.7. The van der Waals surface area contributed by atoms with Crippen LogP contribution in [0, 0.1) is 0 Å². The lowest BCUT2D eigenvalue weighted by molar-refractivity contribution is -0.136. The van der Waals surface area contributed by atoms with Gasteiger partial charge in [-0.05, 0) is 17.7 Å². The highest BCUT2D eigenvalue weighted by Crippen LogP contribution is 2.38. The van der Waals surface area contributed by atoms with Crippen LogP contribution in [0.3, 0.4) is 0 Å². The Kier molecular flexibility index (Phi) is 4.37. The zero-order valence-corrected chi connectivity index (χ0v) is 13.4. The summed E-state index contributed by atoms with van der Waals surface area (Å²) in [6.45, 7) is 0.322. The smallest absolute Gasteiger partial charge is 0.309 e. The molecule has 118 valence electrons. The number of carboxylic acids is 1. The van der Waals surface area contributed by atoms with Crippen molar-refractivity contribution < 1.29 is 14.6 Å². The van der Waals surface area contributed by atoms with Crippen molar-refractivity contribution in [1.29, 1.82) is 0 Å². The fourth-order valence-corrected chi connectivity index (χ4v) is 3.14. The summed E-state index contributed by atoms with van der Waals surface area (Å²) in [6.07, 6.45) is -0.0841. The number of nitrogens with one attached hydrogen (secondary N) is 1. The first-order valence-electron chi connectivity index (χ1n) is 7.20. The molecule has 0 aliphatic heterocycles. The number of carboxylic acid groups (broad SMARTS) is 1. The third-order valence-electron chi connectivity index (χ3n) is 3.79. The molecule has 0 radical (unpaired) electrons. The van der Waals surface area contributed by atoms with Gasteiger partial charge >= 0.3 is 5.97 Å². The average molecular weight is 330 g/mol. The van der Waals surface area contributed by atoms with Crippen molar-refractivity contribution in [2.75, 3.05) is 7.11 Å². The molecular weight excluding hydrogens is 314 g/mol. The van der Waals surface area contributed by atoms with Crippen LogP contribution in [0.15, 0.2) is 42.5 Å². The summed E-state index contributed by atoms with van der Waals surface area (Å²) < 4.78 is 5.29. The van der Waals surface area contributed by atoms with Gasteiger partial charge in [0.05, 0.1) is 13.0 Å². The van der Waals surface area contributed by atoms with Crippen LogP contribution in [-0.2, 0) is 22.6 Å². The molecule has 0 aliphatic rings. The Morgan fingerprint density at radius 3 is 2.61 bits per heavy atom. The van der Waals surface area contributed by atoms with Gasteiger partial charge in [0, 0.05) is 39.9 Å². The second-order valence-electron chi connectivity index (χ2n) is 5.30. The number of aromatic nitrogens is 1. The van der Waals surface area contributed by atoms with E-state index in [0.717, 1.165) is 27.6 Å². The van der Waals surface area contributed by atoms with Gasteiger partial charge in [0.15, 0.2) is 0 Å². The zero-order valence-electron chi connectivity index (χ0n) is 12.6. The van der Waals surface area contributed by atoms with Crippen molar-refractivity contribution in [1.82, 2.24) is 4.98 Å². The van der Waals surface area contributed by atoms with E-state index < -0.39 is 5.97 Å². The molecule has 2 N–H and O–H groups in total. The van der Waals surface area contributed by atoms with E-state index >= 15 is 0 Å². The first kappa shape index (κ1) is 15.6. The minimum Gasteiger partial charge on any atom is -0.481 e. The van der Waals surface area contributed by atoms with E-state index in [1.165, 1.54) is 0 Å². The van der Waals surface area contributed by atoms with Crippen molar-refractivity contribution >= 4 is 28.5 Å². The first-order chi connectivity index (χ1) is 11.1. The summed E-state index contributed by atoms with van der Waals surface area (Å²) in [4.78, 5) is 14.3. The maximum absolute atomic E-state index is 11.1. The molecule has 0 bridgehead atoms. The Bertz CT molecular complexity index is 856. The molecule has 3 rings (SSSR count). The molecule has 0 aliphatic carbocycles. The summed E-state index contributed by atoms with van der Waals surface area (Å²) in [7, 11) is 1.59. The molecule has 23 heavy (non-hydrogen) atoms. The van der Waals surface area contributed by atoms with E-state index in [0.29, 0.717) is 17.3 Å². The fourth-order valence-electron chi connectivity index (χ4n) is 2.88. The third-order valence-corrected chi connectivity index (χ3v) is 4.10. The van der Waals surface area contributed by atoms with Crippen LogP contribution in [0.1, 0.15) is 11.3 Å². The number of halogens is 1. The Morgan fingerprint density at radius 1 is 1.22 bits per heavy atom. The lowest BCUT2D eigenvalue weighted by Crippen LogP contribution is -2.03. The molecule has 0 atom stereocenters. The maximum Gasteiger partial charge on any atom is 0.309 e. The predicted octanol–water partition coefficient (Wildman–Crippen LogP) is 4.26. The van der Waals surface area contributed by atoms with Crippen molar-refractivity contribution in [2.24, 2.45) is 0 Å². The van der Waals surface area contributed by atoms with Gasteiger partial charge in [0.25, 0.3) is 0 Å². The highest BCUT2D eigenvalue weighted by molar-refractivity contribution is 6.35. The second-order valence-corrected chi connectivity index (χ2v) is 5.70. The third kappa shape index (κ3) is 2.96. The number of H-pyrrole nitrogens is 1. The molecule has 0 saturated heterocycles. The average Bonchev–Trinajstić information content (AvgIpc) is 2.86. The fraction of sp³-hybridized carbons (Fsp3) is 0.167. The summed E-state index contributed by atoms with van der Waals surface area (Å²) in [6, 6.07) is 13.5. The lowest BCUT2D eigenvalue weighted by atomic mass is 9.98. The molecule has 0 saturated carbocycles. The van der Waals surface area contributed by atoms with Gasteiger partial charge in [-0.2, -0.15) is 0 Å². The number of hydrogen-bond acceptors (Lipinski definition) is 2. The molecule has 0 fully saturated rings. The molecule has 1 heterocycles. The summed E-state index contributed by atoms with van der Waals surface area (Å²) in [5.74, 6) is -0.888. The number of carbonyl (C=O) groups is 1. The van der Waals surface area contributed by atoms with Crippen LogP contribution in [0.2, 0.25) is 5.02 Å².